The van der Waals surface area contributed by atoms with Crippen LogP contribution in [-0.4, -0.2) is 32.6 Å². The largest absolute Gasteiger partial charge is 0.335 e. The molecule has 7 heteroatoms. The van der Waals surface area contributed by atoms with Crippen molar-refractivity contribution in [2.24, 2.45) is 0 Å². The van der Waals surface area contributed by atoms with Crippen molar-refractivity contribution in [1.29, 1.82) is 5.26 Å². The van der Waals surface area contributed by atoms with Crippen LogP contribution in [0.1, 0.15) is 21.7 Å². The molecule has 0 atom stereocenters. The fraction of sp³-hybridized carbons (Fsp3) is 0.0909. The number of hydrogen-bond donors (Lipinski definition) is 0. The van der Waals surface area contributed by atoms with Gasteiger partial charge in [0.05, 0.1) is 22.2 Å². The van der Waals surface area contributed by atoms with Gasteiger partial charge in [0.25, 0.3) is 5.91 Å². The molecule has 4 rings (SSSR count). The zero-order chi connectivity index (χ0) is 20.2. The topological polar surface area (TPSA) is 74.8 Å². The Labute approximate surface area is 172 Å². The molecule has 2 aromatic heterocycles. The Morgan fingerprint density at radius 3 is 2.52 bits per heavy atom. The minimum absolute atomic E-state index is 0.147. The van der Waals surface area contributed by atoms with E-state index in [1.165, 1.54) is 0 Å². The van der Waals surface area contributed by atoms with Crippen molar-refractivity contribution < 1.29 is 4.79 Å². The van der Waals surface area contributed by atoms with E-state index < -0.39 is 0 Å². The second kappa shape index (κ2) is 8.09. The molecular weight excluding hydrogens is 382 g/mol. The minimum Gasteiger partial charge on any atom is -0.335 e. The fourth-order valence-electron chi connectivity index (χ4n) is 2.92. The Bertz CT molecular complexity index is 1160. The molecule has 0 saturated carbocycles. The maximum Gasteiger partial charge on any atom is 0.293 e. The predicted molar refractivity (Wildman–Crippen MR) is 112 cm³/mol. The number of para-hydroxylation sites is 1. The van der Waals surface area contributed by atoms with Crippen LogP contribution in [0.2, 0.25) is 0 Å². The van der Waals surface area contributed by atoms with Crippen LogP contribution in [0.3, 0.4) is 0 Å². The van der Waals surface area contributed by atoms with E-state index in [4.69, 9.17) is 5.26 Å². The highest BCUT2D eigenvalue weighted by Gasteiger charge is 2.22. The van der Waals surface area contributed by atoms with E-state index in [-0.39, 0.29) is 11.7 Å². The van der Waals surface area contributed by atoms with Gasteiger partial charge in [-0.25, -0.2) is 9.67 Å². The Kier molecular flexibility index (Phi) is 5.18. The SMILES string of the molecule is CN(Cc1ccc(C#N)cc1)C(=O)c1nc(-c2cccs2)n(-c2ccccc2)n1. The first-order chi connectivity index (χ1) is 14.2. The molecule has 0 spiro atoms. The van der Waals surface area contributed by atoms with Gasteiger partial charge in [0.15, 0.2) is 5.82 Å². The Hall–Kier alpha value is -3.76. The standard InChI is InChI=1S/C22H17N5OS/c1-26(15-17-11-9-16(14-23)10-12-17)22(28)20-24-21(19-8-5-13-29-19)27(25-20)18-6-3-2-4-7-18/h2-13H,15H2,1H3. The van der Waals surface area contributed by atoms with E-state index in [9.17, 15) is 4.79 Å². The average Bonchev–Trinajstić information content (AvgIpc) is 3.44. The van der Waals surface area contributed by atoms with E-state index in [0.717, 1.165) is 16.1 Å². The molecule has 0 N–H and O–H groups in total. The molecule has 0 radical (unpaired) electrons. The molecular formula is C22H17N5OS. The summed E-state index contributed by atoms with van der Waals surface area (Å²) in [7, 11) is 1.72. The van der Waals surface area contributed by atoms with Gasteiger partial charge in [-0.15, -0.1) is 16.4 Å². The van der Waals surface area contributed by atoms with Crippen LogP contribution in [0.5, 0.6) is 0 Å². The highest BCUT2D eigenvalue weighted by atomic mass is 32.1. The lowest BCUT2D eigenvalue weighted by atomic mass is 10.1. The monoisotopic (exact) mass is 399 g/mol. The Morgan fingerprint density at radius 2 is 1.86 bits per heavy atom. The van der Waals surface area contributed by atoms with Gasteiger partial charge in [-0.1, -0.05) is 36.4 Å². The Balaban J connectivity index is 1.63. The zero-order valence-electron chi connectivity index (χ0n) is 15.7. The molecule has 0 unspecified atom stereocenters. The van der Waals surface area contributed by atoms with Crippen molar-refractivity contribution in [2.75, 3.05) is 7.05 Å². The van der Waals surface area contributed by atoms with Crippen LogP contribution in [0.4, 0.5) is 0 Å². The molecule has 142 valence electrons. The fourth-order valence-corrected chi connectivity index (χ4v) is 3.62. The van der Waals surface area contributed by atoms with E-state index >= 15 is 0 Å². The van der Waals surface area contributed by atoms with E-state index in [1.54, 1.807) is 40.1 Å². The highest BCUT2D eigenvalue weighted by Crippen LogP contribution is 2.25. The molecule has 0 aliphatic carbocycles. The van der Waals surface area contributed by atoms with E-state index in [2.05, 4.69) is 16.2 Å². The van der Waals surface area contributed by atoms with Gasteiger partial charge in [0.2, 0.25) is 5.82 Å². The quantitative estimate of drug-likeness (QED) is 0.505. The summed E-state index contributed by atoms with van der Waals surface area (Å²) in [6.07, 6.45) is 0. The van der Waals surface area contributed by atoms with Crippen LogP contribution in [0.15, 0.2) is 72.1 Å². The molecule has 6 nitrogen and oxygen atoms in total. The summed E-state index contributed by atoms with van der Waals surface area (Å²) >= 11 is 1.55. The lowest BCUT2D eigenvalue weighted by molar-refractivity contribution is 0.0773. The summed E-state index contributed by atoms with van der Waals surface area (Å²) in [6.45, 7) is 0.402. The van der Waals surface area contributed by atoms with Crippen LogP contribution in [0.25, 0.3) is 16.4 Å². The number of aromatic nitrogens is 3. The number of amides is 1. The van der Waals surface area contributed by atoms with Gasteiger partial charge in [0.1, 0.15) is 0 Å². The zero-order valence-corrected chi connectivity index (χ0v) is 16.5. The van der Waals surface area contributed by atoms with Gasteiger partial charge in [-0.05, 0) is 41.3 Å². The van der Waals surface area contributed by atoms with Crippen molar-refractivity contribution in [1.82, 2.24) is 19.7 Å². The van der Waals surface area contributed by atoms with Gasteiger partial charge < -0.3 is 4.90 Å². The second-order valence-electron chi connectivity index (χ2n) is 6.45. The lowest BCUT2D eigenvalue weighted by Gasteiger charge is -2.15. The smallest absolute Gasteiger partial charge is 0.293 e. The third kappa shape index (κ3) is 3.93. The number of benzene rings is 2. The lowest BCUT2D eigenvalue weighted by Crippen LogP contribution is -2.27. The predicted octanol–water partition coefficient (Wildman–Crippen LogP) is 4.14. The molecule has 4 aromatic rings. The van der Waals surface area contributed by atoms with Crippen molar-refractivity contribution in [2.45, 2.75) is 6.54 Å². The van der Waals surface area contributed by atoms with Crippen LogP contribution < -0.4 is 0 Å². The average molecular weight is 399 g/mol. The van der Waals surface area contributed by atoms with Gasteiger partial charge in [0, 0.05) is 13.6 Å². The number of carbonyl (C=O) groups is 1. The van der Waals surface area contributed by atoms with E-state index in [1.807, 2.05) is 60.0 Å². The van der Waals surface area contributed by atoms with Crippen molar-refractivity contribution in [3.63, 3.8) is 0 Å². The first kappa shape index (κ1) is 18.6. The number of rotatable bonds is 5. The number of nitrogens with zero attached hydrogens (tertiary/aromatic N) is 5. The summed E-state index contributed by atoms with van der Waals surface area (Å²) in [5, 5.41) is 15.4. The Morgan fingerprint density at radius 1 is 1.10 bits per heavy atom. The van der Waals surface area contributed by atoms with Gasteiger partial charge in [-0.3, -0.25) is 4.79 Å². The molecule has 29 heavy (non-hydrogen) atoms. The van der Waals surface area contributed by atoms with Crippen molar-refractivity contribution >= 4 is 17.2 Å². The van der Waals surface area contributed by atoms with Crippen LogP contribution in [0, 0.1) is 11.3 Å². The summed E-state index contributed by atoms with van der Waals surface area (Å²) in [4.78, 5) is 20.0. The molecule has 0 bridgehead atoms. The number of hydrogen-bond acceptors (Lipinski definition) is 5. The molecule has 0 aliphatic heterocycles. The molecule has 0 aliphatic rings. The molecule has 0 saturated heterocycles. The molecule has 2 aromatic carbocycles. The molecule has 1 amide bonds. The summed E-state index contributed by atoms with van der Waals surface area (Å²) < 4.78 is 1.70. The van der Waals surface area contributed by atoms with Crippen molar-refractivity contribution in [3.05, 3.63) is 89.1 Å². The maximum atomic E-state index is 13.0. The van der Waals surface area contributed by atoms with Gasteiger partial charge >= 0.3 is 0 Å². The summed E-state index contributed by atoms with van der Waals surface area (Å²) in [5.74, 6) is 0.525. The molecule has 0 fully saturated rings. The third-order valence-electron chi connectivity index (χ3n) is 4.39. The normalized spacial score (nSPS) is 10.5. The summed E-state index contributed by atoms with van der Waals surface area (Å²) in [6, 6.07) is 22.8. The second-order valence-corrected chi connectivity index (χ2v) is 7.40. The maximum absolute atomic E-state index is 13.0. The number of carbonyl (C=O) groups excluding carboxylic acids is 1. The molecule has 2 heterocycles. The van der Waals surface area contributed by atoms with Crippen LogP contribution >= 0.6 is 11.3 Å². The summed E-state index contributed by atoms with van der Waals surface area (Å²) in [5.41, 5.74) is 2.37. The number of nitriles is 1. The van der Waals surface area contributed by atoms with E-state index in [0.29, 0.717) is 17.9 Å². The van der Waals surface area contributed by atoms with Crippen LogP contribution in [-0.2, 0) is 6.54 Å². The number of thiophene rings is 1. The van der Waals surface area contributed by atoms with Gasteiger partial charge in [-0.2, -0.15) is 5.26 Å². The minimum atomic E-state index is -0.262. The first-order valence-electron chi connectivity index (χ1n) is 8.96. The first-order valence-corrected chi connectivity index (χ1v) is 9.84. The highest BCUT2D eigenvalue weighted by molar-refractivity contribution is 7.13. The van der Waals surface area contributed by atoms with Crippen molar-refractivity contribution in [3.8, 4) is 22.5 Å². The third-order valence-corrected chi connectivity index (χ3v) is 5.26.